The number of carbonyl (C=O) groups is 1. The number of oxazole rings is 1. The van der Waals surface area contributed by atoms with Gasteiger partial charge in [-0.1, -0.05) is 6.07 Å². The fraction of sp³-hybridized carbons (Fsp3) is 0.273. The van der Waals surface area contributed by atoms with Crippen molar-refractivity contribution in [3.8, 4) is 0 Å². The third kappa shape index (κ3) is 1.50. The molecule has 1 aliphatic carbocycles. The number of aromatic amines is 1. The number of nitrogens with one attached hydrogen (secondary N) is 2. The van der Waals surface area contributed by atoms with E-state index in [2.05, 4.69) is 10.3 Å². The molecule has 0 spiro atoms. The van der Waals surface area contributed by atoms with E-state index in [1.165, 1.54) is 0 Å². The molecule has 0 saturated heterocycles. The Labute approximate surface area is 90.5 Å². The van der Waals surface area contributed by atoms with Gasteiger partial charge in [-0.25, -0.2) is 4.79 Å². The van der Waals surface area contributed by atoms with Crippen LogP contribution in [0.25, 0.3) is 11.1 Å². The first-order valence-corrected chi connectivity index (χ1v) is 5.17. The molecular formula is C11H10N2O3. The molecule has 1 heterocycles. The first kappa shape index (κ1) is 9.21. The Balaban J connectivity index is 2.01. The lowest BCUT2D eigenvalue weighted by Crippen LogP contribution is -2.13. The first-order chi connectivity index (χ1) is 7.74. The van der Waals surface area contributed by atoms with Crippen molar-refractivity contribution < 1.29 is 9.21 Å². The lowest BCUT2D eigenvalue weighted by atomic mass is 10.2. The van der Waals surface area contributed by atoms with Gasteiger partial charge in [-0.05, 0) is 25.0 Å². The monoisotopic (exact) mass is 218 g/mol. The molecule has 5 heteroatoms. The highest BCUT2D eigenvalue weighted by Crippen LogP contribution is 2.31. The summed E-state index contributed by atoms with van der Waals surface area (Å²) in [4.78, 5) is 25.2. The van der Waals surface area contributed by atoms with Crippen LogP contribution in [0.4, 0.5) is 5.69 Å². The first-order valence-electron chi connectivity index (χ1n) is 5.17. The van der Waals surface area contributed by atoms with Crippen molar-refractivity contribution in [1.82, 2.24) is 4.98 Å². The topological polar surface area (TPSA) is 75.1 Å². The van der Waals surface area contributed by atoms with E-state index in [9.17, 15) is 9.59 Å². The van der Waals surface area contributed by atoms with Crippen molar-refractivity contribution in [2.75, 3.05) is 5.32 Å². The molecule has 2 aromatic rings. The van der Waals surface area contributed by atoms with Gasteiger partial charge in [0.15, 0.2) is 5.58 Å². The van der Waals surface area contributed by atoms with Gasteiger partial charge in [0.05, 0.1) is 5.69 Å². The summed E-state index contributed by atoms with van der Waals surface area (Å²) in [6, 6.07) is 5.16. The van der Waals surface area contributed by atoms with Gasteiger partial charge in [-0.3, -0.25) is 9.78 Å². The Kier molecular flexibility index (Phi) is 1.86. The highest BCUT2D eigenvalue weighted by Gasteiger charge is 2.29. The van der Waals surface area contributed by atoms with Crippen LogP contribution in [-0.4, -0.2) is 10.9 Å². The number of anilines is 1. The summed E-state index contributed by atoms with van der Waals surface area (Å²) in [5, 5.41) is 2.79. The second-order valence-corrected chi connectivity index (χ2v) is 3.96. The van der Waals surface area contributed by atoms with Crippen LogP contribution >= 0.6 is 0 Å². The van der Waals surface area contributed by atoms with Gasteiger partial charge in [-0.15, -0.1) is 0 Å². The maximum Gasteiger partial charge on any atom is 0.417 e. The van der Waals surface area contributed by atoms with E-state index in [4.69, 9.17) is 4.42 Å². The molecule has 1 amide bonds. The predicted octanol–water partition coefficient (Wildman–Crippen LogP) is 1.47. The summed E-state index contributed by atoms with van der Waals surface area (Å²) >= 11 is 0. The van der Waals surface area contributed by atoms with Crippen molar-refractivity contribution in [1.29, 1.82) is 0 Å². The van der Waals surface area contributed by atoms with E-state index in [-0.39, 0.29) is 11.8 Å². The maximum atomic E-state index is 11.6. The molecule has 1 aromatic carbocycles. The quantitative estimate of drug-likeness (QED) is 0.801. The van der Waals surface area contributed by atoms with Crippen LogP contribution in [0.15, 0.2) is 27.4 Å². The van der Waals surface area contributed by atoms with Gasteiger partial charge >= 0.3 is 5.76 Å². The highest BCUT2D eigenvalue weighted by molar-refractivity contribution is 6.00. The van der Waals surface area contributed by atoms with Crippen LogP contribution in [0.3, 0.4) is 0 Å². The van der Waals surface area contributed by atoms with Crippen LogP contribution in [0.2, 0.25) is 0 Å². The summed E-state index contributed by atoms with van der Waals surface area (Å²) in [5.74, 6) is -0.369. The molecule has 1 saturated carbocycles. The van der Waals surface area contributed by atoms with Crippen LogP contribution in [-0.2, 0) is 4.79 Å². The molecule has 82 valence electrons. The number of rotatable bonds is 2. The molecule has 16 heavy (non-hydrogen) atoms. The molecule has 0 atom stereocenters. The number of fused-ring (bicyclic) bond motifs is 1. The van der Waals surface area contributed by atoms with Crippen molar-refractivity contribution in [2.45, 2.75) is 12.8 Å². The molecule has 0 bridgehead atoms. The van der Waals surface area contributed by atoms with Crippen LogP contribution < -0.4 is 11.1 Å². The van der Waals surface area contributed by atoms with Gasteiger partial charge in [0, 0.05) is 5.92 Å². The van der Waals surface area contributed by atoms with E-state index in [1.807, 2.05) is 0 Å². The number of carbonyl (C=O) groups excluding carboxylic acids is 1. The summed E-state index contributed by atoms with van der Waals surface area (Å²) in [7, 11) is 0. The average Bonchev–Trinajstić information content (AvgIpc) is 3.01. The molecule has 5 nitrogen and oxygen atoms in total. The molecule has 1 fully saturated rings. The summed E-state index contributed by atoms with van der Waals surface area (Å²) in [5.41, 5.74) is 1.60. The molecule has 2 N–H and O–H groups in total. The van der Waals surface area contributed by atoms with E-state index in [0.717, 1.165) is 12.8 Å². The van der Waals surface area contributed by atoms with Gasteiger partial charge < -0.3 is 9.73 Å². The highest BCUT2D eigenvalue weighted by atomic mass is 16.4. The Morgan fingerprint density at radius 2 is 2.25 bits per heavy atom. The summed E-state index contributed by atoms with van der Waals surface area (Å²) < 4.78 is 4.90. The van der Waals surface area contributed by atoms with Crippen molar-refractivity contribution in [2.24, 2.45) is 5.92 Å². The van der Waals surface area contributed by atoms with E-state index in [0.29, 0.717) is 16.8 Å². The number of benzene rings is 1. The lowest BCUT2D eigenvalue weighted by Gasteiger charge is -2.03. The zero-order valence-corrected chi connectivity index (χ0v) is 8.45. The fourth-order valence-corrected chi connectivity index (χ4v) is 1.66. The minimum atomic E-state index is -0.511. The smallest absolute Gasteiger partial charge is 0.408 e. The molecule has 1 aliphatic rings. The maximum absolute atomic E-state index is 11.6. The molecule has 3 rings (SSSR count). The number of hydrogen-bond donors (Lipinski definition) is 2. The Morgan fingerprint density at radius 3 is 3.00 bits per heavy atom. The second-order valence-electron chi connectivity index (χ2n) is 3.96. The molecule has 0 unspecified atom stereocenters. The van der Waals surface area contributed by atoms with Crippen LogP contribution in [0.1, 0.15) is 12.8 Å². The zero-order chi connectivity index (χ0) is 11.1. The Morgan fingerprint density at radius 1 is 1.44 bits per heavy atom. The Hall–Kier alpha value is -2.04. The van der Waals surface area contributed by atoms with E-state index >= 15 is 0 Å². The minimum absolute atomic E-state index is 0.00884. The fourth-order valence-electron chi connectivity index (χ4n) is 1.66. The SMILES string of the molecule is O=C(Nc1cccc2oc(=O)[nH]c12)C1CC1. The van der Waals surface area contributed by atoms with Gasteiger partial charge in [-0.2, -0.15) is 0 Å². The predicted molar refractivity (Wildman–Crippen MR) is 58.2 cm³/mol. The van der Waals surface area contributed by atoms with E-state index < -0.39 is 5.76 Å². The standard InChI is InChI=1S/C11H10N2O3/c14-10(6-4-5-6)12-7-2-1-3-8-9(7)13-11(15)16-8/h1-3,6H,4-5H2,(H,12,14)(H,13,15). The lowest BCUT2D eigenvalue weighted by molar-refractivity contribution is -0.117. The third-order valence-electron chi connectivity index (χ3n) is 2.66. The number of para-hydroxylation sites is 1. The van der Waals surface area contributed by atoms with Gasteiger partial charge in [0.1, 0.15) is 5.52 Å². The zero-order valence-electron chi connectivity index (χ0n) is 8.45. The van der Waals surface area contributed by atoms with Gasteiger partial charge in [0.2, 0.25) is 5.91 Å². The normalized spacial score (nSPS) is 15.2. The van der Waals surface area contributed by atoms with E-state index in [1.54, 1.807) is 18.2 Å². The molecule has 1 aromatic heterocycles. The number of hydrogen-bond acceptors (Lipinski definition) is 3. The summed E-state index contributed by atoms with van der Waals surface area (Å²) in [6.45, 7) is 0. The van der Waals surface area contributed by atoms with Gasteiger partial charge in [0.25, 0.3) is 0 Å². The number of H-pyrrole nitrogens is 1. The molecule has 0 aliphatic heterocycles. The average molecular weight is 218 g/mol. The summed E-state index contributed by atoms with van der Waals surface area (Å²) in [6.07, 6.45) is 1.90. The largest absolute Gasteiger partial charge is 0.417 e. The Bertz CT molecular complexity index is 607. The molecular weight excluding hydrogens is 208 g/mol. The molecule has 0 radical (unpaired) electrons. The van der Waals surface area contributed by atoms with Crippen molar-refractivity contribution >= 4 is 22.7 Å². The number of amides is 1. The minimum Gasteiger partial charge on any atom is -0.408 e. The van der Waals surface area contributed by atoms with Crippen LogP contribution in [0, 0.1) is 5.92 Å². The second kappa shape index (κ2) is 3.23. The van der Waals surface area contributed by atoms with Crippen molar-refractivity contribution in [3.63, 3.8) is 0 Å². The number of aromatic nitrogens is 1. The van der Waals surface area contributed by atoms with Crippen molar-refractivity contribution in [3.05, 3.63) is 28.7 Å². The third-order valence-corrected chi connectivity index (χ3v) is 2.66. The van der Waals surface area contributed by atoms with Crippen LogP contribution in [0.5, 0.6) is 0 Å².